The minimum atomic E-state index is -2.89. The van der Waals surface area contributed by atoms with Gasteiger partial charge in [-0.1, -0.05) is 6.42 Å². The lowest BCUT2D eigenvalue weighted by Gasteiger charge is -2.26. The standard InChI is InChI=1S/C19H15F4NO/c20-12-8-14-16(10-2-1-3-10)17(24-18(14)15(21)9-12)11-4-6-13(7-5-11)25-19(22)23/h4-10,19,24H,1-3H2. The van der Waals surface area contributed by atoms with Crippen LogP contribution in [0.4, 0.5) is 17.6 Å². The first kappa shape index (κ1) is 16.0. The maximum absolute atomic E-state index is 14.2. The minimum absolute atomic E-state index is 0.0530. The van der Waals surface area contributed by atoms with Gasteiger partial charge in [-0.05, 0) is 60.2 Å². The summed E-state index contributed by atoms with van der Waals surface area (Å²) in [5, 5.41) is 0.546. The number of halogens is 4. The molecule has 0 amide bonds. The summed E-state index contributed by atoms with van der Waals surface area (Å²) in [7, 11) is 0. The van der Waals surface area contributed by atoms with Crippen LogP contribution in [0, 0.1) is 11.6 Å². The molecule has 0 bridgehead atoms. The molecule has 2 nitrogen and oxygen atoms in total. The van der Waals surface area contributed by atoms with Crippen LogP contribution in [0.1, 0.15) is 30.7 Å². The van der Waals surface area contributed by atoms with Crippen molar-refractivity contribution in [3.63, 3.8) is 0 Å². The first-order chi connectivity index (χ1) is 12.0. The van der Waals surface area contributed by atoms with Crippen LogP contribution in [0.3, 0.4) is 0 Å². The number of fused-ring (bicyclic) bond motifs is 1. The summed E-state index contributed by atoms with van der Waals surface area (Å²) in [5.74, 6) is -0.962. The van der Waals surface area contributed by atoms with Crippen LogP contribution in [0.2, 0.25) is 0 Å². The van der Waals surface area contributed by atoms with Crippen LogP contribution in [0.25, 0.3) is 22.2 Å². The van der Waals surface area contributed by atoms with Gasteiger partial charge in [0.2, 0.25) is 0 Å². The summed E-state index contributed by atoms with van der Waals surface area (Å²) >= 11 is 0. The molecule has 2 aromatic carbocycles. The summed E-state index contributed by atoms with van der Waals surface area (Å²) in [4.78, 5) is 3.05. The van der Waals surface area contributed by atoms with E-state index in [-0.39, 0.29) is 17.2 Å². The molecule has 1 N–H and O–H groups in total. The van der Waals surface area contributed by atoms with Crippen molar-refractivity contribution in [1.29, 1.82) is 0 Å². The molecule has 1 saturated carbocycles. The molecule has 4 rings (SSSR count). The van der Waals surface area contributed by atoms with Gasteiger partial charge in [0.15, 0.2) is 0 Å². The number of hydrogen-bond donors (Lipinski definition) is 1. The number of rotatable bonds is 4. The van der Waals surface area contributed by atoms with Crippen LogP contribution >= 0.6 is 0 Å². The number of alkyl halides is 2. The Balaban J connectivity index is 1.84. The Kier molecular flexibility index (Phi) is 3.90. The van der Waals surface area contributed by atoms with Gasteiger partial charge in [-0.25, -0.2) is 8.78 Å². The highest BCUT2D eigenvalue weighted by Gasteiger charge is 2.27. The smallest absolute Gasteiger partial charge is 0.387 e. The molecule has 1 aromatic heterocycles. The predicted molar refractivity (Wildman–Crippen MR) is 86.9 cm³/mol. The average molecular weight is 349 g/mol. The van der Waals surface area contributed by atoms with Gasteiger partial charge in [0, 0.05) is 11.5 Å². The van der Waals surface area contributed by atoms with E-state index in [0.29, 0.717) is 11.1 Å². The van der Waals surface area contributed by atoms with Gasteiger partial charge in [-0.3, -0.25) is 0 Å². The highest BCUT2D eigenvalue weighted by atomic mass is 19.3. The van der Waals surface area contributed by atoms with Crippen molar-refractivity contribution in [3.8, 4) is 17.0 Å². The summed E-state index contributed by atoms with van der Waals surface area (Å²) in [6.07, 6.45) is 3.01. The highest BCUT2D eigenvalue weighted by molar-refractivity contribution is 5.92. The molecule has 0 spiro atoms. The average Bonchev–Trinajstić information content (AvgIpc) is 2.86. The third-order valence-electron chi connectivity index (χ3n) is 4.75. The highest BCUT2D eigenvalue weighted by Crippen LogP contribution is 2.45. The Labute approximate surface area is 141 Å². The fourth-order valence-corrected chi connectivity index (χ4v) is 3.39. The molecule has 1 aliphatic rings. The van der Waals surface area contributed by atoms with Crippen molar-refractivity contribution in [2.75, 3.05) is 0 Å². The van der Waals surface area contributed by atoms with Gasteiger partial charge in [0.1, 0.15) is 17.4 Å². The topological polar surface area (TPSA) is 25.0 Å². The number of aromatic nitrogens is 1. The number of ether oxygens (including phenoxy) is 1. The molecule has 0 saturated heterocycles. The molecule has 0 unspecified atom stereocenters. The molecule has 1 fully saturated rings. The van der Waals surface area contributed by atoms with E-state index in [9.17, 15) is 17.6 Å². The molecule has 0 atom stereocenters. The normalized spacial score (nSPS) is 14.9. The Morgan fingerprint density at radius 1 is 1.04 bits per heavy atom. The van der Waals surface area contributed by atoms with E-state index in [1.54, 1.807) is 12.1 Å². The summed E-state index contributed by atoms with van der Waals surface area (Å²) in [6.45, 7) is -2.89. The lowest BCUT2D eigenvalue weighted by atomic mass is 9.78. The van der Waals surface area contributed by atoms with Crippen molar-refractivity contribution >= 4 is 10.9 Å². The van der Waals surface area contributed by atoms with Gasteiger partial charge in [0.25, 0.3) is 0 Å². The van der Waals surface area contributed by atoms with Crippen LogP contribution in [0.5, 0.6) is 5.75 Å². The Morgan fingerprint density at radius 3 is 2.36 bits per heavy atom. The van der Waals surface area contributed by atoms with Gasteiger partial charge < -0.3 is 9.72 Å². The molecular weight excluding hydrogens is 334 g/mol. The van der Waals surface area contributed by atoms with Crippen LogP contribution < -0.4 is 4.74 Å². The van der Waals surface area contributed by atoms with Crippen molar-refractivity contribution < 1.29 is 22.3 Å². The fourth-order valence-electron chi connectivity index (χ4n) is 3.39. The maximum Gasteiger partial charge on any atom is 0.387 e. The van der Waals surface area contributed by atoms with Crippen molar-refractivity contribution in [2.24, 2.45) is 0 Å². The first-order valence-electron chi connectivity index (χ1n) is 8.09. The lowest BCUT2D eigenvalue weighted by Crippen LogP contribution is -2.09. The molecule has 3 aromatic rings. The van der Waals surface area contributed by atoms with Gasteiger partial charge in [0.05, 0.1) is 11.2 Å². The maximum atomic E-state index is 14.2. The van der Waals surface area contributed by atoms with Gasteiger partial charge >= 0.3 is 6.61 Å². The number of benzene rings is 2. The number of H-pyrrole nitrogens is 1. The van der Waals surface area contributed by atoms with E-state index < -0.39 is 18.2 Å². The zero-order chi connectivity index (χ0) is 17.6. The molecule has 130 valence electrons. The monoisotopic (exact) mass is 349 g/mol. The zero-order valence-corrected chi connectivity index (χ0v) is 13.2. The SMILES string of the molecule is Fc1cc(F)c2[nH]c(-c3ccc(OC(F)F)cc3)c(C3CCC3)c2c1. The molecular formula is C19H15F4NO. The number of hydrogen-bond acceptors (Lipinski definition) is 1. The van der Waals surface area contributed by atoms with Crippen LogP contribution in [-0.2, 0) is 0 Å². The Morgan fingerprint density at radius 2 is 1.76 bits per heavy atom. The summed E-state index contributed by atoms with van der Waals surface area (Å²) in [6, 6.07) is 8.35. The third-order valence-corrected chi connectivity index (χ3v) is 4.75. The van der Waals surface area contributed by atoms with Crippen molar-refractivity contribution in [3.05, 3.63) is 53.6 Å². The van der Waals surface area contributed by atoms with Crippen molar-refractivity contribution in [2.45, 2.75) is 31.8 Å². The Bertz CT molecular complexity index is 913. The van der Waals surface area contributed by atoms with E-state index in [2.05, 4.69) is 9.72 Å². The fraction of sp³-hybridized carbons (Fsp3) is 0.263. The second-order valence-electron chi connectivity index (χ2n) is 6.25. The van der Waals surface area contributed by atoms with Gasteiger partial charge in [-0.15, -0.1) is 0 Å². The molecule has 0 radical (unpaired) electrons. The number of nitrogens with one attached hydrogen (secondary N) is 1. The second-order valence-corrected chi connectivity index (χ2v) is 6.25. The molecule has 1 aliphatic carbocycles. The summed E-state index contributed by atoms with van der Waals surface area (Å²) < 4.78 is 56.8. The number of aromatic amines is 1. The van der Waals surface area contributed by atoms with E-state index in [4.69, 9.17) is 0 Å². The quantitative estimate of drug-likeness (QED) is 0.576. The van der Waals surface area contributed by atoms with Crippen LogP contribution in [-0.4, -0.2) is 11.6 Å². The molecule has 1 heterocycles. The van der Waals surface area contributed by atoms with E-state index in [1.807, 2.05) is 0 Å². The molecule has 25 heavy (non-hydrogen) atoms. The van der Waals surface area contributed by atoms with E-state index in [1.165, 1.54) is 18.2 Å². The molecule has 6 heteroatoms. The Hall–Kier alpha value is -2.50. The van der Waals surface area contributed by atoms with E-state index in [0.717, 1.165) is 36.5 Å². The lowest BCUT2D eigenvalue weighted by molar-refractivity contribution is -0.0498. The largest absolute Gasteiger partial charge is 0.435 e. The van der Waals surface area contributed by atoms with Crippen LogP contribution in [0.15, 0.2) is 36.4 Å². The zero-order valence-electron chi connectivity index (χ0n) is 13.2. The van der Waals surface area contributed by atoms with Crippen molar-refractivity contribution in [1.82, 2.24) is 4.98 Å². The third kappa shape index (κ3) is 2.86. The predicted octanol–water partition coefficient (Wildman–Crippen LogP) is 5.98. The minimum Gasteiger partial charge on any atom is -0.435 e. The molecule has 0 aliphatic heterocycles. The summed E-state index contributed by atoms with van der Waals surface area (Å²) in [5.41, 5.74) is 2.58. The van der Waals surface area contributed by atoms with Gasteiger partial charge in [-0.2, -0.15) is 8.78 Å². The second kappa shape index (κ2) is 6.10. The van der Waals surface area contributed by atoms with E-state index >= 15 is 0 Å². The first-order valence-corrected chi connectivity index (χ1v) is 8.09.